The standard InChI is InChI=1S/C10H13ClN2O3S/c1-17-3-2-7(10(15)16)13-9(14)8-4-6(11)5-12-8/h4-5,7,12H,2-3H2,1H3,(H,13,14)(H,15,16)/t7-/m0/s1. The zero-order valence-corrected chi connectivity index (χ0v) is 10.8. The molecule has 3 N–H and O–H groups in total. The first-order valence-corrected chi connectivity index (χ1v) is 6.68. The third-order valence-electron chi connectivity index (χ3n) is 2.11. The number of carboxylic acids is 1. The number of aromatic nitrogens is 1. The first-order valence-electron chi connectivity index (χ1n) is 4.91. The van der Waals surface area contributed by atoms with Gasteiger partial charge in [-0.3, -0.25) is 4.79 Å². The minimum atomic E-state index is -1.04. The average Bonchev–Trinajstić information content (AvgIpc) is 2.70. The maximum Gasteiger partial charge on any atom is 0.326 e. The van der Waals surface area contributed by atoms with Gasteiger partial charge in [-0.15, -0.1) is 0 Å². The van der Waals surface area contributed by atoms with Crippen LogP contribution in [0.25, 0.3) is 0 Å². The fourth-order valence-corrected chi connectivity index (χ4v) is 1.86. The van der Waals surface area contributed by atoms with Crippen molar-refractivity contribution in [3.05, 3.63) is 23.0 Å². The molecule has 0 aliphatic rings. The van der Waals surface area contributed by atoms with Crippen molar-refractivity contribution >= 4 is 35.2 Å². The van der Waals surface area contributed by atoms with E-state index in [0.29, 0.717) is 17.2 Å². The lowest BCUT2D eigenvalue weighted by Crippen LogP contribution is -2.41. The highest BCUT2D eigenvalue weighted by molar-refractivity contribution is 7.98. The minimum Gasteiger partial charge on any atom is -0.480 e. The van der Waals surface area contributed by atoms with Crippen LogP contribution < -0.4 is 5.32 Å². The molecule has 1 rings (SSSR count). The summed E-state index contributed by atoms with van der Waals surface area (Å²) in [6.45, 7) is 0. The number of carbonyl (C=O) groups is 2. The maximum atomic E-state index is 11.7. The van der Waals surface area contributed by atoms with E-state index in [1.54, 1.807) is 0 Å². The van der Waals surface area contributed by atoms with Gasteiger partial charge in [0.25, 0.3) is 5.91 Å². The second kappa shape index (κ2) is 6.56. The summed E-state index contributed by atoms with van der Waals surface area (Å²) in [5.74, 6) is -0.835. The highest BCUT2D eigenvalue weighted by Crippen LogP contribution is 2.10. The number of carboxylic acid groups (broad SMARTS) is 1. The summed E-state index contributed by atoms with van der Waals surface area (Å²) >= 11 is 7.19. The second-order valence-electron chi connectivity index (χ2n) is 3.38. The van der Waals surface area contributed by atoms with Gasteiger partial charge < -0.3 is 15.4 Å². The molecule has 0 bridgehead atoms. The van der Waals surface area contributed by atoms with Crippen molar-refractivity contribution in [2.24, 2.45) is 0 Å². The molecule has 1 atom stereocenters. The molecule has 0 unspecified atom stereocenters. The van der Waals surface area contributed by atoms with Crippen molar-refractivity contribution in [3.8, 4) is 0 Å². The van der Waals surface area contributed by atoms with Crippen LogP contribution in [0.3, 0.4) is 0 Å². The molecular weight excluding hydrogens is 264 g/mol. The van der Waals surface area contributed by atoms with Crippen molar-refractivity contribution in [1.82, 2.24) is 10.3 Å². The molecule has 1 heterocycles. The highest BCUT2D eigenvalue weighted by atomic mass is 35.5. The fourth-order valence-electron chi connectivity index (χ4n) is 1.23. The Morgan fingerprint density at radius 3 is 2.82 bits per heavy atom. The zero-order valence-electron chi connectivity index (χ0n) is 9.20. The summed E-state index contributed by atoms with van der Waals surface area (Å²) in [7, 11) is 0. The van der Waals surface area contributed by atoms with Crippen molar-refractivity contribution < 1.29 is 14.7 Å². The molecule has 7 heteroatoms. The van der Waals surface area contributed by atoms with Crippen molar-refractivity contribution in [2.75, 3.05) is 12.0 Å². The largest absolute Gasteiger partial charge is 0.480 e. The molecule has 1 aromatic heterocycles. The number of rotatable bonds is 6. The summed E-state index contributed by atoms with van der Waals surface area (Å²) in [4.78, 5) is 25.2. The van der Waals surface area contributed by atoms with E-state index in [1.165, 1.54) is 24.0 Å². The lowest BCUT2D eigenvalue weighted by Gasteiger charge is -2.13. The Kier molecular flexibility index (Phi) is 5.37. The molecule has 94 valence electrons. The minimum absolute atomic E-state index is 0.255. The van der Waals surface area contributed by atoms with E-state index in [9.17, 15) is 9.59 Å². The SMILES string of the molecule is CSCC[C@H](NC(=O)c1cc(Cl)c[nH]1)C(=O)O. The number of nitrogens with one attached hydrogen (secondary N) is 2. The molecule has 17 heavy (non-hydrogen) atoms. The third kappa shape index (κ3) is 4.32. The van der Waals surface area contributed by atoms with Gasteiger partial charge in [0.1, 0.15) is 11.7 Å². The van der Waals surface area contributed by atoms with Gasteiger partial charge in [0.2, 0.25) is 0 Å². The molecule has 1 aromatic rings. The van der Waals surface area contributed by atoms with Gasteiger partial charge in [0.15, 0.2) is 0 Å². The Bertz CT molecular complexity index is 408. The molecule has 5 nitrogen and oxygen atoms in total. The van der Waals surface area contributed by atoms with Crippen molar-refractivity contribution in [1.29, 1.82) is 0 Å². The quantitative estimate of drug-likeness (QED) is 0.737. The van der Waals surface area contributed by atoms with Crippen LogP contribution in [-0.2, 0) is 4.79 Å². The lowest BCUT2D eigenvalue weighted by atomic mass is 10.2. The molecule has 0 spiro atoms. The van der Waals surface area contributed by atoms with Gasteiger partial charge in [-0.25, -0.2) is 4.79 Å². The lowest BCUT2D eigenvalue weighted by molar-refractivity contribution is -0.139. The van der Waals surface area contributed by atoms with Crippen LogP contribution in [-0.4, -0.2) is 40.0 Å². The first kappa shape index (κ1) is 13.9. The Labute approximate surface area is 108 Å². The van der Waals surface area contributed by atoms with Gasteiger partial charge in [-0.05, 0) is 24.5 Å². The van der Waals surface area contributed by atoms with E-state index in [-0.39, 0.29) is 5.69 Å². The molecule has 0 aliphatic carbocycles. The molecule has 0 aromatic carbocycles. The molecular formula is C10H13ClN2O3S. The summed E-state index contributed by atoms with van der Waals surface area (Å²) < 4.78 is 0. The van der Waals surface area contributed by atoms with Crippen LogP contribution in [0.1, 0.15) is 16.9 Å². The number of thioether (sulfide) groups is 1. The number of H-pyrrole nitrogens is 1. The van der Waals surface area contributed by atoms with Crippen LogP contribution in [0.2, 0.25) is 5.02 Å². The number of carbonyl (C=O) groups excluding carboxylic acids is 1. The Morgan fingerprint density at radius 1 is 1.65 bits per heavy atom. The van der Waals surface area contributed by atoms with Crippen molar-refractivity contribution in [2.45, 2.75) is 12.5 Å². The fraction of sp³-hybridized carbons (Fsp3) is 0.400. The van der Waals surface area contributed by atoms with Gasteiger partial charge in [-0.1, -0.05) is 11.6 Å². The molecule has 0 aliphatic heterocycles. The average molecular weight is 277 g/mol. The number of aromatic amines is 1. The van der Waals surface area contributed by atoms with Crippen LogP contribution in [0.4, 0.5) is 0 Å². The second-order valence-corrected chi connectivity index (χ2v) is 4.80. The van der Waals surface area contributed by atoms with E-state index in [0.717, 1.165) is 0 Å². The molecule has 0 fully saturated rings. The molecule has 0 saturated carbocycles. The summed E-state index contributed by atoms with van der Waals surface area (Å²) in [6, 6.07) is 0.571. The van der Waals surface area contributed by atoms with Gasteiger partial charge >= 0.3 is 5.97 Å². The predicted molar refractivity (Wildman–Crippen MR) is 67.7 cm³/mol. The predicted octanol–water partition coefficient (Wildman–Crippen LogP) is 1.60. The van der Waals surface area contributed by atoms with E-state index in [2.05, 4.69) is 10.3 Å². The molecule has 0 radical (unpaired) electrons. The van der Waals surface area contributed by atoms with Crippen LogP contribution in [0.15, 0.2) is 12.3 Å². The topological polar surface area (TPSA) is 82.2 Å². The molecule has 1 amide bonds. The van der Waals surface area contributed by atoms with Gasteiger partial charge in [0, 0.05) is 6.20 Å². The van der Waals surface area contributed by atoms with Crippen LogP contribution in [0, 0.1) is 0 Å². The van der Waals surface area contributed by atoms with E-state index < -0.39 is 17.9 Å². The zero-order chi connectivity index (χ0) is 12.8. The monoisotopic (exact) mass is 276 g/mol. The smallest absolute Gasteiger partial charge is 0.326 e. The first-order chi connectivity index (χ1) is 8.04. The highest BCUT2D eigenvalue weighted by Gasteiger charge is 2.20. The number of hydrogen-bond donors (Lipinski definition) is 3. The Morgan fingerprint density at radius 2 is 2.35 bits per heavy atom. The third-order valence-corrected chi connectivity index (χ3v) is 2.97. The van der Waals surface area contributed by atoms with E-state index in [1.807, 2.05) is 6.26 Å². The van der Waals surface area contributed by atoms with Gasteiger partial charge in [0.05, 0.1) is 5.02 Å². The summed E-state index contributed by atoms with van der Waals surface area (Å²) in [6.07, 6.45) is 3.73. The van der Waals surface area contributed by atoms with Crippen LogP contribution in [0.5, 0.6) is 0 Å². The van der Waals surface area contributed by atoms with Gasteiger partial charge in [-0.2, -0.15) is 11.8 Å². The van der Waals surface area contributed by atoms with Crippen molar-refractivity contribution in [3.63, 3.8) is 0 Å². The summed E-state index contributed by atoms with van der Waals surface area (Å²) in [5.41, 5.74) is 0.255. The number of amides is 1. The van der Waals surface area contributed by atoms with Crippen LogP contribution >= 0.6 is 23.4 Å². The maximum absolute atomic E-state index is 11.7. The number of halogens is 1. The summed E-state index contributed by atoms with van der Waals surface area (Å²) in [5, 5.41) is 11.8. The number of hydrogen-bond acceptors (Lipinski definition) is 3. The number of aliphatic carboxylic acids is 1. The normalized spacial score (nSPS) is 12.1. The van der Waals surface area contributed by atoms with E-state index >= 15 is 0 Å². The molecule has 0 saturated heterocycles. The Balaban J connectivity index is 2.60. The van der Waals surface area contributed by atoms with E-state index in [4.69, 9.17) is 16.7 Å². The Hall–Kier alpha value is -1.14.